The zero-order chi connectivity index (χ0) is 15.7. The highest BCUT2D eigenvalue weighted by molar-refractivity contribution is 9.10. The Morgan fingerprint density at radius 3 is 2.50 bits per heavy atom. The van der Waals surface area contributed by atoms with Crippen molar-refractivity contribution in [1.82, 2.24) is 5.32 Å². The lowest BCUT2D eigenvalue weighted by molar-refractivity contribution is 0.0931. The second kappa shape index (κ2) is 5.76. The Morgan fingerprint density at radius 2 is 1.91 bits per heavy atom. The average Bonchev–Trinajstić information content (AvgIpc) is 3.29. The molecule has 0 heterocycles. The maximum Gasteiger partial charge on any atom is 0.251 e. The number of phenolic OH excluding ortho intramolecular Hbond substituents is 1. The van der Waals surface area contributed by atoms with Gasteiger partial charge in [-0.15, -0.1) is 0 Å². The standard InChI is InChI=1S/C18H18BrNO2/c1-12(20-17(22)13-3-2-4-16(21)11-13)18(9-10-18)14-5-7-15(19)8-6-14/h2-8,11-12,21H,9-10H2,1H3,(H,20,22). The molecular weight excluding hydrogens is 342 g/mol. The minimum Gasteiger partial charge on any atom is -0.508 e. The van der Waals surface area contributed by atoms with Crippen LogP contribution in [0.3, 0.4) is 0 Å². The van der Waals surface area contributed by atoms with E-state index in [-0.39, 0.29) is 23.1 Å². The van der Waals surface area contributed by atoms with Crippen molar-refractivity contribution in [2.75, 3.05) is 0 Å². The van der Waals surface area contributed by atoms with Crippen LogP contribution in [-0.2, 0) is 5.41 Å². The number of hydrogen-bond acceptors (Lipinski definition) is 2. The van der Waals surface area contributed by atoms with E-state index in [1.54, 1.807) is 18.2 Å². The predicted octanol–water partition coefficient (Wildman–Crippen LogP) is 4.00. The summed E-state index contributed by atoms with van der Waals surface area (Å²) < 4.78 is 1.06. The van der Waals surface area contributed by atoms with Crippen LogP contribution in [0.25, 0.3) is 0 Å². The quantitative estimate of drug-likeness (QED) is 0.866. The van der Waals surface area contributed by atoms with Crippen molar-refractivity contribution in [2.45, 2.75) is 31.2 Å². The van der Waals surface area contributed by atoms with E-state index >= 15 is 0 Å². The fraction of sp³-hybridized carbons (Fsp3) is 0.278. The highest BCUT2D eigenvalue weighted by atomic mass is 79.9. The molecule has 1 fully saturated rings. The predicted molar refractivity (Wildman–Crippen MR) is 90.1 cm³/mol. The summed E-state index contributed by atoms with van der Waals surface area (Å²) in [5.74, 6) is -0.0406. The van der Waals surface area contributed by atoms with Crippen molar-refractivity contribution in [3.63, 3.8) is 0 Å². The summed E-state index contributed by atoms with van der Waals surface area (Å²) in [6.07, 6.45) is 2.16. The second-order valence-corrected chi connectivity index (χ2v) is 6.82. The first-order chi connectivity index (χ1) is 10.5. The SMILES string of the molecule is CC(NC(=O)c1cccc(O)c1)C1(c2ccc(Br)cc2)CC1. The van der Waals surface area contributed by atoms with Crippen LogP contribution in [0.4, 0.5) is 0 Å². The molecule has 3 nitrogen and oxygen atoms in total. The van der Waals surface area contributed by atoms with Gasteiger partial charge in [0.1, 0.15) is 5.75 Å². The van der Waals surface area contributed by atoms with Crippen molar-refractivity contribution >= 4 is 21.8 Å². The van der Waals surface area contributed by atoms with E-state index in [4.69, 9.17) is 0 Å². The van der Waals surface area contributed by atoms with Crippen molar-refractivity contribution in [1.29, 1.82) is 0 Å². The van der Waals surface area contributed by atoms with Gasteiger partial charge in [0.15, 0.2) is 0 Å². The first-order valence-corrected chi connectivity index (χ1v) is 8.16. The van der Waals surface area contributed by atoms with Crippen molar-refractivity contribution in [2.24, 2.45) is 0 Å². The summed E-state index contributed by atoms with van der Waals surface area (Å²) in [7, 11) is 0. The second-order valence-electron chi connectivity index (χ2n) is 5.91. The maximum absolute atomic E-state index is 12.3. The highest BCUT2D eigenvalue weighted by Gasteiger charge is 2.49. The largest absolute Gasteiger partial charge is 0.508 e. The van der Waals surface area contributed by atoms with E-state index in [0.29, 0.717) is 5.56 Å². The number of hydrogen-bond donors (Lipinski definition) is 2. The number of carbonyl (C=O) groups is 1. The van der Waals surface area contributed by atoms with E-state index in [1.165, 1.54) is 11.6 Å². The molecule has 2 aromatic rings. The molecule has 1 unspecified atom stereocenters. The molecule has 0 aliphatic heterocycles. The Morgan fingerprint density at radius 1 is 1.23 bits per heavy atom. The maximum atomic E-state index is 12.3. The molecule has 0 saturated heterocycles. The smallest absolute Gasteiger partial charge is 0.251 e. The number of rotatable bonds is 4. The molecule has 4 heteroatoms. The lowest BCUT2D eigenvalue weighted by Gasteiger charge is -2.25. The summed E-state index contributed by atoms with van der Waals surface area (Å²) in [5.41, 5.74) is 1.78. The molecule has 2 N–H and O–H groups in total. The Bertz CT molecular complexity index is 692. The fourth-order valence-corrected chi connectivity index (χ4v) is 3.22. The van der Waals surface area contributed by atoms with Gasteiger partial charge in [-0.3, -0.25) is 4.79 Å². The summed E-state index contributed by atoms with van der Waals surface area (Å²) >= 11 is 3.45. The molecule has 0 bridgehead atoms. The van der Waals surface area contributed by atoms with Gasteiger partial charge in [-0.25, -0.2) is 0 Å². The zero-order valence-corrected chi connectivity index (χ0v) is 13.9. The lowest BCUT2D eigenvalue weighted by Crippen LogP contribution is -2.41. The molecule has 0 radical (unpaired) electrons. The van der Waals surface area contributed by atoms with Gasteiger partial charge in [0.25, 0.3) is 5.91 Å². The van der Waals surface area contributed by atoms with Gasteiger partial charge in [0, 0.05) is 21.5 Å². The minimum atomic E-state index is -0.146. The summed E-state index contributed by atoms with van der Waals surface area (Å²) in [5, 5.41) is 12.6. The van der Waals surface area contributed by atoms with E-state index in [0.717, 1.165) is 17.3 Å². The lowest BCUT2D eigenvalue weighted by atomic mass is 9.89. The number of aromatic hydroxyl groups is 1. The van der Waals surface area contributed by atoms with E-state index < -0.39 is 0 Å². The molecule has 0 spiro atoms. The molecule has 1 saturated carbocycles. The monoisotopic (exact) mass is 359 g/mol. The molecule has 2 aromatic carbocycles. The molecular formula is C18H18BrNO2. The first-order valence-electron chi connectivity index (χ1n) is 7.37. The molecule has 1 atom stereocenters. The van der Waals surface area contributed by atoms with Crippen LogP contribution in [0.2, 0.25) is 0 Å². The van der Waals surface area contributed by atoms with Crippen LogP contribution < -0.4 is 5.32 Å². The van der Waals surface area contributed by atoms with E-state index in [1.807, 2.05) is 12.1 Å². The van der Waals surface area contributed by atoms with Crippen LogP contribution in [0.1, 0.15) is 35.7 Å². The Balaban J connectivity index is 1.75. The number of carbonyl (C=O) groups excluding carboxylic acids is 1. The molecule has 1 aliphatic rings. The zero-order valence-electron chi connectivity index (χ0n) is 12.3. The van der Waals surface area contributed by atoms with Crippen molar-refractivity contribution < 1.29 is 9.90 Å². The van der Waals surface area contributed by atoms with Gasteiger partial charge < -0.3 is 10.4 Å². The van der Waals surface area contributed by atoms with E-state index in [9.17, 15) is 9.90 Å². The minimum absolute atomic E-state index is 0.0349. The molecule has 1 amide bonds. The summed E-state index contributed by atoms with van der Waals surface area (Å²) in [6.45, 7) is 2.05. The third kappa shape index (κ3) is 2.88. The number of halogens is 1. The highest BCUT2D eigenvalue weighted by Crippen LogP contribution is 2.51. The topological polar surface area (TPSA) is 49.3 Å². The molecule has 22 heavy (non-hydrogen) atoms. The summed E-state index contributed by atoms with van der Waals surface area (Å²) in [4.78, 5) is 12.3. The third-order valence-corrected chi connectivity index (χ3v) is 5.02. The van der Waals surface area contributed by atoms with Crippen LogP contribution in [0.5, 0.6) is 5.75 Å². The van der Waals surface area contributed by atoms with Gasteiger partial charge in [-0.1, -0.05) is 34.1 Å². The van der Waals surface area contributed by atoms with Crippen LogP contribution in [-0.4, -0.2) is 17.1 Å². The van der Waals surface area contributed by atoms with Crippen molar-refractivity contribution in [3.05, 3.63) is 64.1 Å². The molecule has 0 aromatic heterocycles. The number of phenols is 1. The van der Waals surface area contributed by atoms with Crippen molar-refractivity contribution in [3.8, 4) is 5.75 Å². The Hall–Kier alpha value is -1.81. The number of nitrogens with one attached hydrogen (secondary N) is 1. The molecule has 3 rings (SSSR count). The van der Waals surface area contributed by atoms with Gasteiger partial charge in [-0.2, -0.15) is 0 Å². The van der Waals surface area contributed by atoms with Crippen LogP contribution in [0, 0.1) is 0 Å². The Kier molecular flexibility index (Phi) is 3.96. The number of amides is 1. The fourth-order valence-electron chi connectivity index (χ4n) is 2.95. The normalized spacial score (nSPS) is 16.8. The Labute approximate surface area is 138 Å². The van der Waals surface area contributed by atoms with E-state index in [2.05, 4.69) is 40.3 Å². The summed E-state index contributed by atoms with van der Waals surface area (Å²) in [6, 6.07) is 14.8. The third-order valence-electron chi connectivity index (χ3n) is 4.49. The first kappa shape index (κ1) is 15.1. The van der Waals surface area contributed by atoms with Crippen LogP contribution >= 0.6 is 15.9 Å². The van der Waals surface area contributed by atoms with Gasteiger partial charge >= 0.3 is 0 Å². The molecule has 114 valence electrons. The van der Waals surface area contributed by atoms with Gasteiger partial charge in [-0.05, 0) is 55.7 Å². The van der Waals surface area contributed by atoms with Crippen LogP contribution in [0.15, 0.2) is 53.0 Å². The van der Waals surface area contributed by atoms with Gasteiger partial charge in [0.2, 0.25) is 0 Å². The van der Waals surface area contributed by atoms with Gasteiger partial charge in [0.05, 0.1) is 0 Å². The average molecular weight is 360 g/mol. The molecule has 1 aliphatic carbocycles. The number of benzene rings is 2.